The fourth-order valence-corrected chi connectivity index (χ4v) is 5.56. The van der Waals surface area contributed by atoms with Crippen molar-refractivity contribution in [2.24, 2.45) is 17.8 Å². The Morgan fingerprint density at radius 1 is 0.781 bits per heavy atom. The van der Waals surface area contributed by atoms with Crippen LogP contribution in [0.2, 0.25) is 0 Å². The van der Waals surface area contributed by atoms with Crippen molar-refractivity contribution in [3.05, 3.63) is 65.7 Å². The first-order valence-electron chi connectivity index (χ1n) is 12.8. The highest BCUT2D eigenvalue weighted by molar-refractivity contribution is 5.65. The second kappa shape index (κ2) is 11.4. The first-order valence-corrected chi connectivity index (χ1v) is 12.8. The van der Waals surface area contributed by atoms with Gasteiger partial charge in [0.05, 0.1) is 6.61 Å². The summed E-state index contributed by atoms with van der Waals surface area (Å²) in [6.07, 6.45) is 14.8. The monoisotopic (exact) mass is 426 g/mol. The molecule has 32 heavy (non-hydrogen) atoms. The van der Waals surface area contributed by atoms with Crippen LogP contribution >= 0.6 is 0 Å². The molecule has 1 saturated carbocycles. The fraction of sp³-hybridized carbons (Fsp3) is 0.484. The molecule has 2 aromatic rings. The average molecular weight is 427 g/mol. The molecular weight excluding hydrogens is 388 g/mol. The molecular formula is C31H38O. The van der Waals surface area contributed by atoms with E-state index in [-0.39, 0.29) is 0 Å². The fourth-order valence-electron chi connectivity index (χ4n) is 5.56. The molecule has 1 unspecified atom stereocenters. The largest absolute Gasteiger partial charge is 0.494 e. The standard InChI is InChI=1S/C31H38O/c1-3-5-24-8-14-27(15-9-24)28-16-10-25(11-17-28)6-7-26-12-18-29(19-13-26)30-20-22-31(23-21-30)32-4-2/h10,12-13,18-24,27-28H,3-5,8-9,11,14-17H2,1-2H3. The maximum Gasteiger partial charge on any atom is 0.119 e. The van der Waals surface area contributed by atoms with Crippen LogP contribution in [0.4, 0.5) is 0 Å². The molecule has 0 N–H and O–H groups in total. The van der Waals surface area contributed by atoms with E-state index in [0.29, 0.717) is 6.61 Å². The highest BCUT2D eigenvalue weighted by Gasteiger charge is 2.28. The van der Waals surface area contributed by atoms with Gasteiger partial charge in [0, 0.05) is 5.56 Å². The summed E-state index contributed by atoms with van der Waals surface area (Å²) in [5.41, 5.74) is 4.86. The van der Waals surface area contributed by atoms with E-state index in [1.54, 1.807) is 0 Å². The molecule has 0 heterocycles. The van der Waals surface area contributed by atoms with Gasteiger partial charge in [-0.25, -0.2) is 0 Å². The van der Waals surface area contributed by atoms with Crippen LogP contribution in [-0.4, -0.2) is 6.61 Å². The minimum absolute atomic E-state index is 0.698. The van der Waals surface area contributed by atoms with Gasteiger partial charge in [0.1, 0.15) is 5.75 Å². The average Bonchev–Trinajstić information content (AvgIpc) is 2.85. The smallest absolute Gasteiger partial charge is 0.119 e. The first kappa shape index (κ1) is 22.7. The lowest BCUT2D eigenvalue weighted by Gasteiger charge is -2.35. The lowest BCUT2D eigenvalue weighted by Crippen LogP contribution is -2.23. The SMILES string of the molecule is CCCC1CCC(C2CC=C(C#Cc3ccc(-c4ccc(OCC)cc4)cc3)CC2)CC1. The van der Waals surface area contributed by atoms with E-state index < -0.39 is 0 Å². The van der Waals surface area contributed by atoms with Crippen LogP contribution in [0.5, 0.6) is 5.75 Å². The van der Waals surface area contributed by atoms with Crippen molar-refractivity contribution >= 4 is 0 Å². The molecule has 4 rings (SSSR count). The molecule has 0 amide bonds. The van der Waals surface area contributed by atoms with Crippen LogP contribution < -0.4 is 4.74 Å². The number of ether oxygens (including phenoxy) is 1. The van der Waals surface area contributed by atoms with E-state index >= 15 is 0 Å². The van der Waals surface area contributed by atoms with Crippen LogP contribution in [-0.2, 0) is 0 Å². The third kappa shape index (κ3) is 6.07. The van der Waals surface area contributed by atoms with E-state index in [1.165, 1.54) is 68.1 Å². The zero-order valence-corrected chi connectivity index (χ0v) is 19.9. The van der Waals surface area contributed by atoms with Crippen molar-refractivity contribution in [3.63, 3.8) is 0 Å². The molecule has 168 valence electrons. The van der Waals surface area contributed by atoms with Crippen molar-refractivity contribution < 1.29 is 4.74 Å². The number of allylic oxidation sites excluding steroid dienone is 2. The normalized spacial score (nSPS) is 23.1. The Labute approximate surface area is 195 Å². The van der Waals surface area contributed by atoms with Crippen molar-refractivity contribution in [2.45, 2.75) is 71.6 Å². The zero-order valence-electron chi connectivity index (χ0n) is 19.9. The zero-order chi connectivity index (χ0) is 22.2. The Balaban J connectivity index is 1.30. The van der Waals surface area contributed by atoms with Crippen LogP contribution in [0.1, 0.15) is 77.2 Å². The topological polar surface area (TPSA) is 9.23 Å². The third-order valence-corrected chi connectivity index (χ3v) is 7.46. The molecule has 0 saturated heterocycles. The minimum atomic E-state index is 0.698. The van der Waals surface area contributed by atoms with Gasteiger partial charge in [-0.2, -0.15) is 0 Å². The molecule has 1 atom stereocenters. The van der Waals surface area contributed by atoms with Crippen molar-refractivity contribution in [1.82, 2.24) is 0 Å². The second-order valence-corrected chi connectivity index (χ2v) is 9.62. The Hall–Kier alpha value is -2.46. The summed E-state index contributed by atoms with van der Waals surface area (Å²) < 4.78 is 5.54. The summed E-state index contributed by atoms with van der Waals surface area (Å²) in [7, 11) is 0. The van der Waals surface area contributed by atoms with Crippen LogP contribution in [0.25, 0.3) is 11.1 Å². The van der Waals surface area contributed by atoms with Gasteiger partial charge in [-0.15, -0.1) is 0 Å². The summed E-state index contributed by atoms with van der Waals surface area (Å²) >= 11 is 0. The van der Waals surface area contributed by atoms with Crippen molar-refractivity contribution in [2.75, 3.05) is 6.61 Å². The van der Waals surface area contributed by atoms with Gasteiger partial charge in [-0.1, -0.05) is 74.8 Å². The lowest BCUT2D eigenvalue weighted by molar-refractivity contribution is 0.187. The highest BCUT2D eigenvalue weighted by atomic mass is 16.5. The number of hydrogen-bond donors (Lipinski definition) is 0. The van der Waals surface area contributed by atoms with Crippen LogP contribution in [0, 0.1) is 29.6 Å². The summed E-state index contributed by atoms with van der Waals surface area (Å²) in [4.78, 5) is 0. The molecule has 1 nitrogen and oxygen atoms in total. The Kier molecular flexibility index (Phi) is 8.11. The highest BCUT2D eigenvalue weighted by Crippen LogP contribution is 2.40. The maximum atomic E-state index is 5.54. The summed E-state index contributed by atoms with van der Waals surface area (Å²) in [5, 5.41) is 0. The molecule has 2 aromatic carbocycles. The maximum absolute atomic E-state index is 5.54. The van der Waals surface area contributed by atoms with Gasteiger partial charge in [-0.05, 0) is 97.7 Å². The summed E-state index contributed by atoms with van der Waals surface area (Å²) in [5.74, 6) is 10.7. The van der Waals surface area contributed by atoms with Crippen LogP contribution in [0.15, 0.2) is 60.2 Å². The van der Waals surface area contributed by atoms with E-state index in [1.807, 2.05) is 19.1 Å². The molecule has 0 spiro atoms. The molecule has 2 aliphatic rings. The van der Waals surface area contributed by atoms with E-state index in [2.05, 4.69) is 61.2 Å². The molecule has 0 aliphatic heterocycles. The lowest BCUT2D eigenvalue weighted by atomic mass is 9.71. The van der Waals surface area contributed by atoms with Gasteiger partial charge in [0.15, 0.2) is 0 Å². The Bertz CT molecular complexity index is 931. The minimum Gasteiger partial charge on any atom is -0.494 e. The third-order valence-electron chi connectivity index (χ3n) is 7.46. The van der Waals surface area contributed by atoms with Crippen molar-refractivity contribution in [3.8, 4) is 28.7 Å². The molecule has 1 heteroatoms. The Morgan fingerprint density at radius 3 is 2.06 bits per heavy atom. The summed E-state index contributed by atoms with van der Waals surface area (Å²) in [6.45, 7) is 5.04. The quantitative estimate of drug-likeness (QED) is 0.421. The van der Waals surface area contributed by atoms with E-state index in [9.17, 15) is 0 Å². The second-order valence-electron chi connectivity index (χ2n) is 9.62. The molecule has 0 aromatic heterocycles. The van der Waals surface area contributed by atoms with Gasteiger partial charge < -0.3 is 4.74 Å². The molecule has 0 radical (unpaired) electrons. The predicted octanol–water partition coefficient (Wildman–Crippen LogP) is 8.44. The number of hydrogen-bond acceptors (Lipinski definition) is 1. The predicted molar refractivity (Wildman–Crippen MR) is 136 cm³/mol. The van der Waals surface area contributed by atoms with Gasteiger partial charge in [0.2, 0.25) is 0 Å². The molecule has 0 bridgehead atoms. The van der Waals surface area contributed by atoms with E-state index in [4.69, 9.17) is 4.74 Å². The Morgan fingerprint density at radius 2 is 1.47 bits per heavy atom. The van der Waals surface area contributed by atoms with Crippen molar-refractivity contribution in [1.29, 1.82) is 0 Å². The van der Waals surface area contributed by atoms with Gasteiger partial charge in [-0.3, -0.25) is 0 Å². The number of rotatable bonds is 6. The van der Waals surface area contributed by atoms with Gasteiger partial charge >= 0.3 is 0 Å². The molecule has 2 aliphatic carbocycles. The van der Waals surface area contributed by atoms with Gasteiger partial charge in [0.25, 0.3) is 0 Å². The summed E-state index contributed by atoms with van der Waals surface area (Å²) in [6, 6.07) is 16.9. The van der Waals surface area contributed by atoms with Crippen LogP contribution in [0.3, 0.4) is 0 Å². The number of benzene rings is 2. The molecule has 1 fully saturated rings. The first-order chi connectivity index (χ1) is 15.7. The van der Waals surface area contributed by atoms with E-state index in [0.717, 1.165) is 35.5 Å².